The third kappa shape index (κ3) is 7.24. The molecule has 4 N–H and O–H groups in total. The smallest absolute Gasteiger partial charge is 0.416 e. The second-order valence-electron chi connectivity index (χ2n) is 10.5. The van der Waals surface area contributed by atoms with E-state index in [0.29, 0.717) is 20.3 Å². The lowest BCUT2D eigenvalue weighted by Crippen LogP contribution is -2.49. The third-order valence-electron chi connectivity index (χ3n) is 7.32. The minimum atomic E-state index is -4.98. The maximum Gasteiger partial charge on any atom is 0.416 e. The molecule has 0 spiro atoms. The number of hydrogen-bond donors (Lipinski definition) is 4. The summed E-state index contributed by atoms with van der Waals surface area (Å²) in [6, 6.07) is 12.6. The summed E-state index contributed by atoms with van der Waals surface area (Å²) in [5, 5.41) is 42.4. The van der Waals surface area contributed by atoms with E-state index in [-0.39, 0.29) is 62.2 Å². The largest absolute Gasteiger partial charge is 0.465 e. The molecule has 3 heterocycles. The van der Waals surface area contributed by atoms with E-state index in [2.05, 4.69) is 20.5 Å². The highest BCUT2D eigenvalue weighted by Gasteiger charge is 2.39. The summed E-state index contributed by atoms with van der Waals surface area (Å²) in [4.78, 5) is 30.3. The molecule has 1 fully saturated rings. The number of carbonyl (C=O) groups is 1. The molecule has 240 valence electrons. The first-order valence-corrected chi connectivity index (χ1v) is 14.3. The van der Waals surface area contributed by atoms with Gasteiger partial charge in [-0.1, -0.05) is 35.3 Å². The summed E-state index contributed by atoms with van der Waals surface area (Å²) in [7, 11) is 0. The molecule has 1 atom stereocenters. The highest BCUT2D eigenvalue weighted by molar-refractivity contribution is 6.32. The second kappa shape index (κ2) is 12.7. The fourth-order valence-corrected chi connectivity index (χ4v) is 5.14. The quantitative estimate of drug-likeness (QED) is 0.209. The molecule has 13 nitrogen and oxygen atoms in total. The van der Waals surface area contributed by atoms with E-state index in [4.69, 9.17) is 23.2 Å². The predicted molar refractivity (Wildman–Crippen MR) is 157 cm³/mol. The number of para-hydroxylation sites is 1. The number of nitrogens with one attached hydrogen (secondary N) is 1. The molecular weight excluding hydrogens is 644 g/mol. The molecule has 1 aliphatic rings. The molecule has 45 heavy (non-hydrogen) atoms. The lowest BCUT2D eigenvalue weighted by atomic mass is 9.91. The van der Waals surface area contributed by atoms with Crippen LogP contribution in [0.25, 0.3) is 17.1 Å². The lowest BCUT2D eigenvalue weighted by molar-refractivity contribution is -0.207. The van der Waals surface area contributed by atoms with Gasteiger partial charge in [0, 0.05) is 30.2 Å². The Bertz CT molecular complexity index is 1730. The molecule has 18 heteroatoms. The van der Waals surface area contributed by atoms with Crippen LogP contribution >= 0.6 is 23.2 Å². The van der Waals surface area contributed by atoms with Crippen molar-refractivity contribution < 1.29 is 33.3 Å². The Balaban J connectivity index is 1.48. The number of hydrogen-bond acceptors (Lipinski definition) is 8. The van der Waals surface area contributed by atoms with Gasteiger partial charge in [0.05, 0.1) is 22.9 Å². The zero-order valence-electron chi connectivity index (χ0n) is 23.3. The number of benzene rings is 2. The van der Waals surface area contributed by atoms with Crippen molar-refractivity contribution in [2.24, 2.45) is 0 Å². The number of rotatable bonds is 9. The van der Waals surface area contributed by atoms with Crippen molar-refractivity contribution in [3.05, 3.63) is 74.9 Å². The third-order valence-corrected chi connectivity index (χ3v) is 7.89. The average Bonchev–Trinajstić information content (AvgIpc) is 3.53. The maximum absolute atomic E-state index is 13.3. The molecule has 4 aromatic rings. The number of anilines is 1. The van der Waals surface area contributed by atoms with Gasteiger partial charge in [-0.15, -0.1) is 10.2 Å². The zero-order chi connectivity index (χ0) is 32.5. The van der Waals surface area contributed by atoms with Crippen molar-refractivity contribution in [2.45, 2.75) is 43.8 Å². The van der Waals surface area contributed by atoms with Gasteiger partial charge in [0.15, 0.2) is 17.8 Å². The molecular formula is C27H27Cl2F3N8O5. The number of aromatic nitrogens is 6. The molecule has 2 aromatic carbocycles. The van der Waals surface area contributed by atoms with Gasteiger partial charge in [-0.2, -0.15) is 22.8 Å². The number of amides is 1. The lowest BCUT2D eigenvalue weighted by Gasteiger charge is -2.37. The highest BCUT2D eigenvalue weighted by Crippen LogP contribution is 2.27. The molecule has 0 bridgehead atoms. The van der Waals surface area contributed by atoms with Crippen LogP contribution in [-0.4, -0.2) is 92.9 Å². The Kier molecular flexibility index (Phi) is 9.11. The first-order valence-electron chi connectivity index (χ1n) is 13.6. The Morgan fingerprint density at radius 1 is 1.07 bits per heavy atom. The van der Waals surface area contributed by atoms with Crippen molar-refractivity contribution >= 4 is 35.2 Å². The number of piperidine rings is 1. The summed E-state index contributed by atoms with van der Waals surface area (Å²) >= 11 is 12.4. The summed E-state index contributed by atoms with van der Waals surface area (Å²) < 4.78 is 42.7. The second-order valence-corrected chi connectivity index (χ2v) is 11.3. The van der Waals surface area contributed by atoms with Gasteiger partial charge in [-0.05, 0) is 49.2 Å². The number of carboxylic acid groups (broad SMARTS) is 1. The Hall–Kier alpha value is -4.12. The highest BCUT2D eigenvalue weighted by atomic mass is 35.5. The molecule has 1 saturated heterocycles. The first-order chi connectivity index (χ1) is 21.2. The Morgan fingerprint density at radius 3 is 2.36 bits per heavy atom. The van der Waals surface area contributed by atoms with Crippen LogP contribution in [0.3, 0.4) is 0 Å². The minimum absolute atomic E-state index is 0.0202. The fraction of sp³-hybridized carbons (Fsp3) is 0.370. The number of alkyl halides is 3. The summed E-state index contributed by atoms with van der Waals surface area (Å²) in [5.41, 5.74) is -1.53. The standard InChI is InChI=1S/C27H27Cl2F3N8O5/c28-17-7-5-16(6-8-17)22-36-39(24(42)38(22)13-20(41)27(30,31)32)14-21-34-23(40(35-21)19-4-2-1-3-18(19)29)33-15-26(45)9-11-37(12-10-26)25(43)44/h1-8,20,41,45H,9-15H2,(H,43,44)(H,33,34,35)/t20-/m0/s1. The molecule has 1 amide bonds. The summed E-state index contributed by atoms with van der Waals surface area (Å²) in [6.07, 6.45) is -8.55. The van der Waals surface area contributed by atoms with Crippen molar-refractivity contribution in [3.63, 3.8) is 0 Å². The van der Waals surface area contributed by atoms with Gasteiger partial charge in [0.25, 0.3) is 0 Å². The Labute approximate surface area is 263 Å². The van der Waals surface area contributed by atoms with Crippen LogP contribution in [0.4, 0.5) is 23.9 Å². The van der Waals surface area contributed by atoms with Gasteiger partial charge < -0.3 is 25.5 Å². The van der Waals surface area contributed by atoms with E-state index in [1.807, 2.05) is 0 Å². The number of aliphatic hydroxyl groups excluding tert-OH is 1. The van der Waals surface area contributed by atoms with E-state index < -0.39 is 36.2 Å². The van der Waals surface area contributed by atoms with Crippen LogP contribution in [0.2, 0.25) is 10.0 Å². The predicted octanol–water partition coefficient (Wildman–Crippen LogP) is 3.49. The average molecular weight is 671 g/mol. The summed E-state index contributed by atoms with van der Waals surface area (Å²) in [5.74, 6) is 0.0137. The SMILES string of the molecule is O=C(O)N1CCC(O)(CNc2nc(Cn3nc(-c4ccc(Cl)cc4)n(C[C@H](O)C(F)(F)F)c3=O)nn2-c2ccccc2Cl)CC1. The Morgan fingerprint density at radius 2 is 1.73 bits per heavy atom. The van der Waals surface area contributed by atoms with Crippen molar-refractivity contribution in [1.29, 1.82) is 0 Å². The van der Waals surface area contributed by atoms with Crippen molar-refractivity contribution in [3.8, 4) is 17.1 Å². The normalized spacial score (nSPS) is 15.7. The van der Waals surface area contributed by atoms with Gasteiger partial charge in [-0.25, -0.2) is 14.3 Å². The van der Waals surface area contributed by atoms with Crippen LogP contribution in [-0.2, 0) is 13.1 Å². The molecule has 0 unspecified atom stereocenters. The monoisotopic (exact) mass is 670 g/mol. The zero-order valence-corrected chi connectivity index (χ0v) is 24.8. The van der Waals surface area contributed by atoms with E-state index in [1.54, 1.807) is 24.3 Å². The van der Waals surface area contributed by atoms with Gasteiger partial charge in [0.2, 0.25) is 5.95 Å². The minimum Gasteiger partial charge on any atom is -0.465 e. The van der Waals surface area contributed by atoms with Crippen molar-refractivity contribution in [2.75, 3.05) is 25.0 Å². The van der Waals surface area contributed by atoms with E-state index in [1.165, 1.54) is 33.8 Å². The van der Waals surface area contributed by atoms with E-state index >= 15 is 0 Å². The molecule has 5 rings (SSSR count). The molecule has 2 aromatic heterocycles. The van der Waals surface area contributed by atoms with Gasteiger partial charge in [-0.3, -0.25) is 4.57 Å². The number of nitrogens with zero attached hydrogens (tertiary/aromatic N) is 7. The van der Waals surface area contributed by atoms with Crippen LogP contribution < -0.4 is 11.0 Å². The molecule has 1 aliphatic heterocycles. The number of aliphatic hydroxyl groups is 2. The van der Waals surface area contributed by atoms with Crippen LogP contribution in [0, 0.1) is 0 Å². The molecule has 0 radical (unpaired) electrons. The van der Waals surface area contributed by atoms with Crippen LogP contribution in [0.15, 0.2) is 53.3 Å². The topological polar surface area (TPSA) is 164 Å². The number of likely N-dealkylation sites (tertiary alicyclic amines) is 1. The summed E-state index contributed by atoms with van der Waals surface area (Å²) in [6.45, 7) is -1.22. The van der Waals surface area contributed by atoms with Gasteiger partial charge >= 0.3 is 18.0 Å². The van der Waals surface area contributed by atoms with E-state index in [9.17, 15) is 38.1 Å². The molecule has 0 aliphatic carbocycles. The molecule has 0 saturated carbocycles. The first kappa shape index (κ1) is 32.3. The number of halogens is 5. The van der Waals surface area contributed by atoms with Crippen molar-refractivity contribution in [1.82, 2.24) is 34.0 Å². The van der Waals surface area contributed by atoms with E-state index in [0.717, 1.165) is 4.68 Å². The van der Waals surface area contributed by atoms with Crippen LogP contribution in [0.5, 0.6) is 0 Å². The fourth-order valence-electron chi connectivity index (χ4n) is 4.79. The maximum atomic E-state index is 13.3. The van der Waals surface area contributed by atoms with Gasteiger partial charge in [0.1, 0.15) is 6.54 Å². The van der Waals surface area contributed by atoms with Crippen LogP contribution in [0.1, 0.15) is 18.7 Å².